The first-order chi connectivity index (χ1) is 9.04. The summed E-state index contributed by atoms with van der Waals surface area (Å²) in [6.07, 6.45) is 2.94. The zero-order chi connectivity index (χ0) is 14.3. The molecule has 0 heterocycles. The Bertz CT molecular complexity index is 463. The smallest absolute Gasteiger partial charge is 0.337 e. The van der Waals surface area contributed by atoms with E-state index in [-0.39, 0.29) is 11.5 Å². The molecule has 0 saturated heterocycles. The van der Waals surface area contributed by atoms with Gasteiger partial charge in [-0.2, -0.15) is 0 Å². The Kier molecular flexibility index (Phi) is 6.79. The van der Waals surface area contributed by atoms with Crippen LogP contribution in [0.5, 0.6) is 0 Å². The summed E-state index contributed by atoms with van der Waals surface area (Å²) in [6, 6.07) is 4.91. The maximum absolute atomic E-state index is 11.7. The van der Waals surface area contributed by atoms with Crippen LogP contribution in [0.2, 0.25) is 0 Å². The van der Waals surface area contributed by atoms with Crippen molar-refractivity contribution >= 4 is 40.2 Å². The number of anilines is 1. The molecule has 1 aromatic carbocycles. The highest BCUT2D eigenvalue weighted by atomic mass is 127. The lowest BCUT2D eigenvalue weighted by molar-refractivity contribution is -0.116. The van der Waals surface area contributed by atoms with Crippen LogP contribution >= 0.6 is 22.6 Å². The summed E-state index contributed by atoms with van der Waals surface area (Å²) in [6.45, 7) is 0.627. The van der Waals surface area contributed by atoms with E-state index in [1.807, 2.05) is 22.6 Å². The Balaban J connectivity index is 2.61. The number of carbonyl (C=O) groups excluding carboxylic acids is 1. The molecule has 0 bridgehead atoms. The molecule has 104 valence electrons. The first-order valence-corrected chi connectivity index (χ1v) is 7.15. The van der Waals surface area contributed by atoms with Gasteiger partial charge >= 0.3 is 5.97 Å². The number of carbonyl (C=O) groups is 2. The first-order valence-electron chi connectivity index (χ1n) is 6.07. The molecule has 0 atom stereocenters. The predicted octanol–water partition coefficient (Wildman–Crippen LogP) is 2.45. The number of unbranched alkanes of at least 4 members (excludes halogenated alkanes) is 2. The highest BCUT2D eigenvalue weighted by Gasteiger charge is 2.12. The van der Waals surface area contributed by atoms with E-state index in [0.717, 1.165) is 22.8 Å². The number of carboxylic acids is 1. The number of nitrogens with two attached hydrogens (primary N) is 1. The standard InChI is InChI=1S/C13H17IN2O3/c14-9-5-6-11(10(8-9)13(18)19)16-12(17)4-2-1-3-7-15/h5-6,8H,1-4,7,15H2,(H,16,17)(H,18,19). The van der Waals surface area contributed by atoms with Crippen molar-refractivity contribution in [2.24, 2.45) is 5.73 Å². The second-order valence-electron chi connectivity index (χ2n) is 4.14. The van der Waals surface area contributed by atoms with Gasteiger partial charge in [0.25, 0.3) is 0 Å². The molecule has 0 aliphatic carbocycles. The SMILES string of the molecule is NCCCCCC(=O)Nc1ccc(I)cc1C(=O)O. The molecule has 0 unspecified atom stereocenters. The molecule has 1 aromatic rings. The predicted molar refractivity (Wildman–Crippen MR) is 82.3 cm³/mol. The number of carboxylic acid groups (broad SMARTS) is 1. The highest BCUT2D eigenvalue weighted by Crippen LogP contribution is 2.19. The number of amides is 1. The molecule has 0 aliphatic heterocycles. The average molecular weight is 376 g/mol. The Labute approximate surface area is 125 Å². The second kappa shape index (κ2) is 8.11. The van der Waals surface area contributed by atoms with Gasteiger partial charge in [-0.25, -0.2) is 4.79 Å². The minimum absolute atomic E-state index is 0.113. The minimum atomic E-state index is -1.04. The molecular formula is C13H17IN2O3. The van der Waals surface area contributed by atoms with Gasteiger partial charge in [-0.05, 0) is 60.2 Å². The van der Waals surface area contributed by atoms with Crippen LogP contribution in [-0.2, 0) is 4.79 Å². The number of nitrogens with one attached hydrogen (secondary N) is 1. The summed E-state index contributed by atoms with van der Waals surface area (Å²) in [4.78, 5) is 22.8. The van der Waals surface area contributed by atoms with Crippen LogP contribution in [0.4, 0.5) is 5.69 Å². The van der Waals surface area contributed by atoms with E-state index in [9.17, 15) is 9.59 Å². The Morgan fingerprint density at radius 1 is 1.26 bits per heavy atom. The summed E-state index contributed by atoms with van der Waals surface area (Å²) >= 11 is 2.03. The van der Waals surface area contributed by atoms with Crippen molar-refractivity contribution in [2.75, 3.05) is 11.9 Å². The van der Waals surface area contributed by atoms with E-state index >= 15 is 0 Å². The number of aromatic carboxylic acids is 1. The molecule has 0 aromatic heterocycles. The third kappa shape index (κ3) is 5.56. The first kappa shape index (κ1) is 15.9. The van der Waals surface area contributed by atoms with Crippen molar-refractivity contribution in [3.63, 3.8) is 0 Å². The lowest BCUT2D eigenvalue weighted by Gasteiger charge is -2.08. The van der Waals surface area contributed by atoms with Gasteiger partial charge in [-0.15, -0.1) is 0 Å². The fraction of sp³-hybridized carbons (Fsp3) is 0.385. The van der Waals surface area contributed by atoms with Gasteiger partial charge in [0.15, 0.2) is 0 Å². The van der Waals surface area contributed by atoms with Gasteiger partial charge in [0, 0.05) is 9.99 Å². The number of rotatable bonds is 7. The topological polar surface area (TPSA) is 92.4 Å². The van der Waals surface area contributed by atoms with E-state index in [0.29, 0.717) is 18.7 Å². The van der Waals surface area contributed by atoms with Gasteiger partial charge in [0.1, 0.15) is 0 Å². The number of benzene rings is 1. The lowest BCUT2D eigenvalue weighted by Crippen LogP contribution is -2.14. The van der Waals surface area contributed by atoms with Gasteiger partial charge in [0.05, 0.1) is 11.3 Å². The number of halogens is 1. The maximum atomic E-state index is 11.7. The van der Waals surface area contributed by atoms with Crippen LogP contribution in [0.25, 0.3) is 0 Å². The van der Waals surface area contributed by atoms with Gasteiger partial charge in [-0.1, -0.05) is 6.42 Å². The van der Waals surface area contributed by atoms with Crippen molar-refractivity contribution in [1.29, 1.82) is 0 Å². The summed E-state index contributed by atoms with van der Waals surface area (Å²) in [5.74, 6) is -1.21. The Morgan fingerprint density at radius 3 is 2.63 bits per heavy atom. The van der Waals surface area contributed by atoms with Crippen LogP contribution in [0.1, 0.15) is 36.0 Å². The molecule has 0 radical (unpaired) electrons. The maximum Gasteiger partial charge on any atom is 0.337 e. The fourth-order valence-electron chi connectivity index (χ4n) is 1.62. The quantitative estimate of drug-likeness (QED) is 0.504. The van der Waals surface area contributed by atoms with E-state index in [4.69, 9.17) is 10.8 Å². The van der Waals surface area contributed by atoms with Gasteiger partial charge in [0.2, 0.25) is 5.91 Å². The third-order valence-electron chi connectivity index (χ3n) is 2.59. The normalized spacial score (nSPS) is 10.2. The fourth-order valence-corrected chi connectivity index (χ4v) is 2.11. The zero-order valence-electron chi connectivity index (χ0n) is 10.5. The molecule has 4 N–H and O–H groups in total. The number of hydrogen-bond acceptors (Lipinski definition) is 3. The largest absolute Gasteiger partial charge is 0.478 e. The van der Waals surface area contributed by atoms with Crippen LogP contribution in [-0.4, -0.2) is 23.5 Å². The molecule has 1 rings (SSSR count). The average Bonchev–Trinajstić information content (AvgIpc) is 2.36. The van der Waals surface area contributed by atoms with Crippen LogP contribution in [0.3, 0.4) is 0 Å². The van der Waals surface area contributed by atoms with Gasteiger partial charge < -0.3 is 16.2 Å². The monoisotopic (exact) mass is 376 g/mol. The molecule has 6 heteroatoms. The van der Waals surface area contributed by atoms with Crippen LogP contribution < -0.4 is 11.1 Å². The number of hydrogen-bond donors (Lipinski definition) is 3. The molecular weight excluding hydrogens is 359 g/mol. The summed E-state index contributed by atoms with van der Waals surface area (Å²) < 4.78 is 0.816. The lowest BCUT2D eigenvalue weighted by atomic mass is 10.1. The van der Waals surface area contributed by atoms with E-state index in [1.54, 1.807) is 12.1 Å². The van der Waals surface area contributed by atoms with Crippen molar-refractivity contribution in [1.82, 2.24) is 0 Å². The summed E-state index contributed by atoms with van der Waals surface area (Å²) in [5.41, 5.74) is 5.83. The van der Waals surface area contributed by atoms with Crippen molar-refractivity contribution in [2.45, 2.75) is 25.7 Å². The Hall–Kier alpha value is -1.15. The van der Waals surface area contributed by atoms with E-state index in [1.165, 1.54) is 6.07 Å². The second-order valence-corrected chi connectivity index (χ2v) is 5.39. The van der Waals surface area contributed by atoms with Crippen molar-refractivity contribution < 1.29 is 14.7 Å². The van der Waals surface area contributed by atoms with Crippen molar-refractivity contribution in [3.8, 4) is 0 Å². The minimum Gasteiger partial charge on any atom is -0.478 e. The molecule has 0 aliphatic rings. The van der Waals surface area contributed by atoms with Gasteiger partial charge in [-0.3, -0.25) is 4.79 Å². The van der Waals surface area contributed by atoms with E-state index < -0.39 is 5.97 Å². The zero-order valence-corrected chi connectivity index (χ0v) is 12.6. The summed E-state index contributed by atoms with van der Waals surface area (Å²) in [5, 5.41) is 11.7. The third-order valence-corrected chi connectivity index (χ3v) is 3.27. The molecule has 1 amide bonds. The molecule has 0 spiro atoms. The van der Waals surface area contributed by atoms with Crippen LogP contribution in [0, 0.1) is 3.57 Å². The Morgan fingerprint density at radius 2 is 2.00 bits per heavy atom. The molecule has 5 nitrogen and oxygen atoms in total. The van der Waals surface area contributed by atoms with Crippen LogP contribution in [0.15, 0.2) is 18.2 Å². The molecule has 0 saturated carbocycles. The van der Waals surface area contributed by atoms with Crippen molar-refractivity contribution in [3.05, 3.63) is 27.3 Å². The van der Waals surface area contributed by atoms with E-state index in [2.05, 4.69) is 5.32 Å². The molecule has 19 heavy (non-hydrogen) atoms. The highest BCUT2D eigenvalue weighted by molar-refractivity contribution is 14.1. The summed E-state index contributed by atoms with van der Waals surface area (Å²) in [7, 11) is 0. The molecule has 0 fully saturated rings.